The van der Waals surface area contributed by atoms with Crippen molar-refractivity contribution in [3.05, 3.63) is 40.5 Å². The van der Waals surface area contributed by atoms with E-state index in [2.05, 4.69) is 9.82 Å². The van der Waals surface area contributed by atoms with Crippen LogP contribution in [0.25, 0.3) is 0 Å². The van der Waals surface area contributed by atoms with Crippen LogP contribution in [0, 0.1) is 6.92 Å². The van der Waals surface area contributed by atoms with Crippen LogP contribution in [0.1, 0.15) is 11.3 Å². The second-order valence-corrected chi connectivity index (χ2v) is 6.51. The van der Waals surface area contributed by atoms with Gasteiger partial charge in [0.2, 0.25) is 10.0 Å². The maximum atomic E-state index is 12.3. The van der Waals surface area contributed by atoms with Crippen molar-refractivity contribution < 1.29 is 8.42 Å². The Balaban J connectivity index is 2.21. The average Bonchev–Trinajstić information content (AvgIpc) is 2.63. The standard InChI is InChI=1S/C12H15ClN4O2S/c1-8-11(12(14)16-17(8)2)20(18,19)15-7-9-3-5-10(13)6-4-9/h3-6,15H,7H2,1-2H3,(H2,14,16). The second-order valence-electron chi connectivity index (χ2n) is 4.37. The molecule has 0 fully saturated rings. The van der Waals surface area contributed by atoms with Crippen LogP contribution in [-0.4, -0.2) is 18.2 Å². The maximum Gasteiger partial charge on any atom is 0.246 e. The summed E-state index contributed by atoms with van der Waals surface area (Å²) >= 11 is 5.78. The summed E-state index contributed by atoms with van der Waals surface area (Å²) < 4.78 is 28.5. The fraction of sp³-hybridized carbons (Fsp3) is 0.250. The zero-order chi connectivity index (χ0) is 14.9. The molecule has 20 heavy (non-hydrogen) atoms. The number of halogens is 1. The zero-order valence-electron chi connectivity index (χ0n) is 11.1. The predicted molar refractivity (Wildman–Crippen MR) is 77.8 cm³/mol. The first-order chi connectivity index (χ1) is 9.31. The number of rotatable bonds is 4. The molecule has 8 heteroatoms. The smallest absolute Gasteiger partial charge is 0.246 e. The lowest BCUT2D eigenvalue weighted by atomic mass is 10.2. The van der Waals surface area contributed by atoms with Crippen LogP contribution in [0.15, 0.2) is 29.2 Å². The Kier molecular flexibility index (Phi) is 4.03. The summed E-state index contributed by atoms with van der Waals surface area (Å²) in [5.74, 6) is -0.00592. The number of aromatic nitrogens is 2. The molecule has 0 bridgehead atoms. The van der Waals surface area contributed by atoms with E-state index >= 15 is 0 Å². The lowest BCUT2D eigenvalue weighted by Gasteiger charge is -2.07. The number of aryl methyl sites for hydroxylation is 1. The normalized spacial score (nSPS) is 11.8. The highest BCUT2D eigenvalue weighted by Gasteiger charge is 2.24. The van der Waals surface area contributed by atoms with Crippen molar-refractivity contribution >= 4 is 27.4 Å². The molecule has 0 aliphatic carbocycles. The highest BCUT2D eigenvalue weighted by Crippen LogP contribution is 2.21. The molecule has 2 rings (SSSR count). The number of nitrogen functional groups attached to an aromatic ring is 1. The van der Waals surface area contributed by atoms with E-state index in [0.29, 0.717) is 10.7 Å². The van der Waals surface area contributed by atoms with E-state index in [9.17, 15) is 8.42 Å². The molecule has 0 amide bonds. The minimum absolute atomic E-state index is 0.00592. The van der Waals surface area contributed by atoms with Crippen LogP contribution in [0.3, 0.4) is 0 Å². The molecule has 0 saturated heterocycles. The van der Waals surface area contributed by atoms with Crippen LogP contribution in [-0.2, 0) is 23.6 Å². The van der Waals surface area contributed by atoms with Crippen LogP contribution >= 0.6 is 11.6 Å². The molecule has 0 aliphatic rings. The molecule has 6 nitrogen and oxygen atoms in total. The first-order valence-electron chi connectivity index (χ1n) is 5.84. The van der Waals surface area contributed by atoms with Crippen LogP contribution < -0.4 is 10.5 Å². The molecule has 0 spiro atoms. The van der Waals surface area contributed by atoms with Gasteiger partial charge in [-0.3, -0.25) is 4.68 Å². The molecular formula is C12H15ClN4O2S. The number of sulfonamides is 1. The fourth-order valence-electron chi connectivity index (χ4n) is 1.80. The number of hydrogen-bond acceptors (Lipinski definition) is 4. The Morgan fingerprint density at radius 3 is 2.45 bits per heavy atom. The van der Waals surface area contributed by atoms with Crippen LogP contribution in [0.4, 0.5) is 5.82 Å². The topological polar surface area (TPSA) is 90.0 Å². The van der Waals surface area contributed by atoms with Gasteiger partial charge in [-0.2, -0.15) is 5.10 Å². The van der Waals surface area contributed by atoms with E-state index in [0.717, 1.165) is 5.56 Å². The number of nitrogens with two attached hydrogens (primary N) is 1. The lowest BCUT2D eigenvalue weighted by Crippen LogP contribution is -2.24. The Labute approximate surface area is 122 Å². The Hall–Kier alpha value is -1.57. The van der Waals surface area contributed by atoms with Crippen molar-refractivity contribution in [2.45, 2.75) is 18.4 Å². The summed E-state index contributed by atoms with van der Waals surface area (Å²) in [6.45, 7) is 1.81. The molecule has 1 aromatic heterocycles. The largest absolute Gasteiger partial charge is 0.381 e. The summed E-state index contributed by atoms with van der Waals surface area (Å²) in [7, 11) is -2.06. The summed E-state index contributed by atoms with van der Waals surface area (Å²) in [6, 6.07) is 6.92. The molecule has 0 atom stereocenters. The first kappa shape index (κ1) is 14.8. The van der Waals surface area contributed by atoms with Crippen molar-refractivity contribution in [2.24, 2.45) is 7.05 Å². The number of nitrogens with one attached hydrogen (secondary N) is 1. The minimum Gasteiger partial charge on any atom is -0.381 e. The Morgan fingerprint density at radius 1 is 1.35 bits per heavy atom. The van der Waals surface area contributed by atoms with Gasteiger partial charge in [0.1, 0.15) is 4.90 Å². The number of nitrogens with zero attached hydrogens (tertiary/aromatic N) is 2. The quantitative estimate of drug-likeness (QED) is 0.893. The summed E-state index contributed by atoms with van der Waals surface area (Å²) in [5.41, 5.74) is 6.94. The van der Waals surface area contributed by atoms with Crippen molar-refractivity contribution in [3.8, 4) is 0 Å². The molecule has 2 aromatic rings. The third-order valence-corrected chi connectivity index (χ3v) is 4.77. The molecule has 0 radical (unpaired) electrons. The third kappa shape index (κ3) is 2.95. The number of benzene rings is 1. The second kappa shape index (κ2) is 5.43. The maximum absolute atomic E-state index is 12.3. The van der Waals surface area contributed by atoms with Gasteiger partial charge in [-0.15, -0.1) is 0 Å². The van der Waals surface area contributed by atoms with Gasteiger partial charge >= 0.3 is 0 Å². The highest BCUT2D eigenvalue weighted by molar-refractivity contribution is 7.89. The van der Waals surface area contributed by atoms with Gasteiger partial charge in [-0.05, 0) is 24.6 Å². The number of hydrogen-bond donors (Lipinski definition) is 2. The van der Waals surface area contributed by atoms with Crippen molar-refractivity contribution in [1.29, 1.82) is 0 Å². The average molecular weight is 315 g/mol. The van der Waals surface area contributed by atoms with Gasteiger partial charge in [0.05, 0.1) is 5.69 Å². The van der Waals surface area contributed by atoms with E-state index in [1.807, 2.05) is 0 Å². The van der Waals surface area contributed by atoms with Crippen LogP contribution in [0.5, 0.6) is 0 Å². The van der Waals surface area contributed by atoms with Crippen molar-refractivity contribution in [3.63, 3.8) is 0 Å². The van der Waals surface area contributed by atoms with Gasteiger partial charge in [0.25, 0.3) is 0 Å². The molecule has 1 heterocycles. The van der Waals surface area contributed by atoms with Crippen LogP contribution in [0.2, 0.25) is 5.02 Å². The fourth-order valence-corrected chi connectivity index (χ4v) is 3.26. The monoisotopic (exact) mass is 314 g/mol. The van der Waals surface area contributed by atoms with Gasteiger partial charge in [-0.25, -0.2) is 13.1 Å². The Bertz CT molecular complexity index is 723. The molecule has 0 unspecified atom stereocenters. The molecule has 0 aliphatic heterocycles. The Morgan fingerprint density at radius 2 is 1.95 bits per heavy atom. The number of anilines is 1. The van der Waals surface area contributed by atoms with Crippen molar-refractivity contribution in [2.75, 3.05) is 5.73 Å². The summed E-state index contributed by atoms with van der Waals surface area (Å²) in [6.07, 6.45) is 0. The van der Waals surface area contributed by atoms with Gasteiger partial charge in [0.15, 0.2) is 5.82 Å². The van der Waals surface area contributed by atoms with Gasteiger partial charge in [0, 0.05) is 18.6 Å². The highest BCUT2D eigenvalue weighted by atomic mass is 35.5. The van der Waals surface area contributed by atoms with E-state index in [4.69, 9.17) is 17.3 Å². The zero-order valence-corrected chi connectivity index (χ0v) is 12.7. The SMILES string of the molecule is Cc1c(S(=O)(=O)NCc2ccc(Cl)cc2)c(N)nn1C. The molecule has 108 valence electrons. The van der Waals surface area contributed by atoms with E-state index in [1.165, 1.54) is 4.68 Å². The van der Waals surface area contributed by atoms with Gasteiger partial charge < -0.3 is 5.73 Å². The van der Waals surface area contributed by atoms with E-state index in [-0.39, 0.29) is 17.3 Å². The minimum atomic E-state index is -3.70. The lowest BCUT2D eigenvalue weighted by molar-refractivity contribution is 0.580. The van der Waals surface area contributed by atoms with E-state index in [1.54, 1.807) is 38.2 Å². The van der Waals surface area contributed by atoms with E-state index < -0.39 is 10.0 Å². The molecule has 3 N–H and O–H groups in total. The van der Waals surface area contributed by atoms with Crippen molar-refractivity contribution in [1.82, 2.24) is 14.5 Å². The molecule has 0 saturated carbocycles. The summed E-state index contributed by atoms with van der Waals surface area (Å²) in [5, 5.41) is 4.50. The third-order valence-electron chi connectivity index (χ3n) is 2.95. The predicted octanol–water partition coefficient (Wildman–Crippen LogP) is 1.44. The first-order valence-corrected chi connectivity index (χ1v) is 7.70. The molecular weight excluding hydrogens is 300 g/mol. The summed E-state index contributed by atoms with van der Waals surface area (Å²) in [4.78, 5) is 0.0222. The van der Waals surface area contributed by atoms with Gasteiger partial charge in [-0.1, -0.05) is 23.7 Å². The molecule has 1 aromatic carbocycles.